The third-order valence-corrected chi connectivity index (χ3v) is 5.47. The lowest BCUT2D eigenvalue weighted by atomic mass is 10.1. The van der Waals surface area contributed by atoms with Crippen molar-refractivity contribution >= 4 is 23.4 Å². The molecular formula is C20H24N2OS. The Labute approximate surface area is 148 Å². The first-order chi connectivity index (χ1) is 11.6. The van der Waals surface area contributed by atoms with Crippen LogP contribution in [0.15, 0.2) is 53.4 Å². The highest BCUT2D eigenvalue weighted by atomic mass is 32.2. The lowest BCUT2D eigenvalue weighted by Gasteiger charge is -2.36. The number of benzene rings is 2. The van der Waals surface area contributed by atoms with Crippen LogP contribution in [-0.2, 0) is 4.79 Å². The van der Waals surface area contributed by atoms with Crippen molar-refractivity contribution in [2.75, 3.05) is 36.8 Å². The Balaban J connectivity index is 1.50. The monoisotopic (exact) mass is 340 g/mol. The molecule has 1 aliphatic heterocycles. The minimum absolute atomic E-state index is 0.241. The van der Waals surface area contributed by atoms with Crippen LogP contribution in [-0.4, -0.2) is 42.7 Å². The Bertz CT molecular complexity index is 691. The fraction of sp³-hybridized carbons (Fsp3) is 0.350. The normalized spacial score (nSPS) is 14.8. The molecule has 0 bridgehead atoms. The van der Waals surface area contributed by atoms with Crippen molar-refractivity contribution in [3.8, 4) is 0 Å². The number of thioether (sulfide) groups is 1. The quantitative estimate of drug-likeness (QED) is 0.792. The number of aryl methyl sites for hydroxylation is 2. The van der Waals surface area contributed by atoms with Gasteiger partial charge < -0.3 is 9.80 Å². The van der Waals surface area contributed by atoms with Crippen molar-refractivity contribution in [1.29, 1.82) is 0 Å². The molecule has 0 spiro atoms. The molecule has 0 atom stereocenters. The standard InChI is InChI=1S/C20H24N2OS/c1-16-7-9-18(10-8-16)24-15-20(23)22-13-11-21(12-14-22)19-6-4-3-5-17(19)2/h3-10H,11-15H2,1-2H3. The molecule has 3 nitrogen and oxygen atoms in total. The van der Waals surface area contributed by atoms with Crippen LogP contribution in [0.2, 0.25) is 0 Å². The van der Waals surface area contributed by atoms with Crippen molar-refractivity contribution in [3.63, 3.8) is 0 Å². The number of hydrogen-bond acceptors (Lipinski definition) is 3. The molecule has 1 fully saturated rings. The fourth-order valence-corrected chi connectivity index (χ4v) is 3.79. The topological polar surface area (TPSA) is 23.6 Å². The zero-order valence-corrected chi connectivity index (χ0v) is 15.2. The number of amides is 1. The Morgan fingerprint density at radius 1 is 0.958 bits per heavy atom. The van der Waals surface area contributed by atoms with Crippen molar-refractivity contribution in [2.45, 2.75) is 18.7 Å². The minimum atomic E-state index is 0.241. The van der Waals surface area contributed by atoms with Crippen molar-refractivity contribution < 1.29 is 4.79 Å². The van der Waals surface area contributed by atoms with Gasteiger partial charge in [0, 0.05) is 36.8 Å². The lowest BCUT2D eigenvalue weighted by molar-refractivity contribution is -0.128. The molecule has 0 saturated carbocycles. The third kappa shape index (κ3) is 4.12. The summed E-state index contributed by atoms with van der Waals surface area (Å²) in [7, 11) is 0. The summed E-state index contributed by atoms with van der Waals surface area (Å²) in [6, 6.07) is 16.8. The average molecular weight is 340 g/mol. The molecular weight excluding hydrogens is 316 g/mol. The van der Waals surface area contributed by atoms with Crippen molar-refractivity contribution in [1.82, 2.24) is 4.90 Å². The van der Waals surface area contributed by atoms with Crippen LogP contribution in [0, 0.1) is 13.8 Å². The first-order valence-electron chi connectivity index (χ1n) is 8.41. The van der Waals surface area contributed by atoms with E-state index in [9.17, 15) is 4.79 Å². The molecule has 126 valence electrons. The second-order valence-electron chi connectivity index (χ2n) is 6.26. The SMILES string of the molecule is Cc1ccc(SCC(=O)N2CCN(c3ccccc3C)CC2)cc1. The number of hydrogen-bond donors (Lipinski definition) is 0. The number of nitrogens with zero attached hydrogens (tertiary/aromatic N) is 2. The molecule has 2 aromatic rings. The first kappa shape index (κ1) is 16.9. The van der Waals surface area contributed by atoms with Crippen molar-refractivity contribution in [3.05, 3.63) is 59.7 Å². The highest BCUT2D eigenvalue weighted by molar-refractivity contribution is 8.00. The summed E-state index contributed by atoms with van der Waals surface area (Å²) in [6.07, 6.45) is 0. The van der Waals surface area contributed by atoms with Gasteiger partial charge in [0.15, 0.2) is 0 Å². The maximum absolute atomic E-state index is 12.4. The molecule has 0 N–H and O–H groups in total. The maximum Gasteiger partial charge on any atom is 0.233 e. The molecule has 4 heteroatoms. The Hall–Kier alpha value is -1.94. The summed E-state index contributed by atoms with van der Waals surface area (Å²) < 4.78 is 0. The van der Waals surface area contributed by atoms with E-state index in [1.165, 1.54) is 16.8 Å². The van der Waals surface area contributed by atoms with Crippen LogP contribution >= 0.6 is 11.8 Å². The van der Waals surface area contributed by atoms with E-state index in [1.54, 1.807) is 11.8 Å². The summed E-state index contributed by atoms with van der Waals surface area (Å²) in [6.45, 7) is 7.65. The maximum atomic E-state index is 12.4. The Kier molecular flexibility index (Phi) is 5.46. The average Bonchev–Trinajstić information content (AvgIpc) is 2.61. The van der Waals surface area contributed by atoms with Gasteiger partial charge in [0.05, 0.1) is 5.75 Å². The van der Waals surface area contributed by atoms with Gasteiger partial charge in [-0.2, -0.15) is 0 Å². The number of piperazine rings is 1. The third-order valence-electron chi connectivity index (χ3n) is 4.47. The van der Waals surface area contributed by atoms with Gasteiger partial charge in [0.1, 0.15) is 0 Å². The van der Waals surface area contributed by atoms with Crippen LogP contribution in [0.5, 0.6) is 0 Å². The predicted molar refractivity (Wildman–Crippen MR) is 102 cm³/mol. The van der Waals surface area contributed by atoms with E-state index < -0.39 is 0 Å². The lowest BCUT2D eigenvalue weighted by Crippen LogP contribution is -2.49. The molecule has 1 amide bonds. The van der Waals surface area contributed by atoms with Gasteiger partial charge in [-0.3, -0.25) is 4.79 Å². The molecule has 1 heterocycles. The summed E-state index contributed by atoms with van der Waals surface area (Å²) in [4.78, 5) is 18.0. The largest absolute Gasteiger partial charge is 0.368 e. The van der Waals surface area contributed by atoms with Gasteiger partial charge >= 0.3 is 0 Å². The van der Waals surface area contributed by atoms with E-state index in [2.05, 4.69) is 67.3 Å². The second kappa shape index (κ2) is 7.75. The predicted octanol–water partition coefficient (Wildman–Crippen LogP) is 3.74. The zero-order chi connectivity index (χ0) is 16.9. The molecule has 0 radical (unpaired) electrons. The zero-order valence-electron chi connectivity index (χ0n) is 14.4. The van der Waals surface area contributed by atoms with Gasteiger partial charge in [-0.05, 0) is 37.6 Å². The van der Waals surface area contributed by atoms with Crippen molar-refractivity contribution in [2.24, 2.45) is 0 Å². The molecule has 24 heavy (non-hydrogen) atoms. The van der Waals surface area contributed by atoms with Gasteiger partial charge in [-0.25, -0.2) is 0 Å². The Morgan fingerprint density at radius 3 is 2.29 bits per heavy atom. The number of anilines is 1. The van der Waals surface area contributed by atoms with E-state index in [4.69, 9.17) is 0 Å². The van der Waals surface area contributed by atoms with Crippen LogP contribution in [0.3, 0.4) is 0 Å². The first-order valence-corrected chi connectivity index (χ1v) is 9.40. The Morgan fingerprint density at radius 2 is 1.62 bits per heavy atom. The van der Waals surface area contributed by atoms with E-state index in [0.717, 1.165) is 31.1 Å². The molecule has 1 aliphatic rings. The summed E-state index contributed by atoms with van der Waals surface area (Å²) >= 11 is 1.63. The minimum Gasteiger partial charge on any atom is -0.368 e. The number of carbonyl (C=O) groups is 1. The van der Waals surface area contributed by atoms with Crippen LogP contribution in [0.25, 0.3) is 0 Å². The highest BCUT2D eigenvalue weighted by Crippen LogP contribution is 2.22. The van der Waals surface area contributed by atoms with Crippen LogP contribution in [0.1, 0.15) is 11.1 Å². The second-order valence-corrected chi connectivity index (χ2v) is 7.30. The summed E-state index contributed by atoms with van der Waals surface area (Å²) in [5.41, 5.74) is 3.84. The van der Waals surface area contributed by atoms with Gasteiger partial charge in [-0.15, -0.1) is 11.8 Å². The van der Waals surface area contributed by atoms with Gasteiger partial charge in [-0.1, -0.05) is 35.9 Å². The molecule has 0 aromatic heterocycles. The highest BCUT2D eigenvalue weighted by Gasteiger charge is 2.21. The van der Waals surface area contributed by atoms with E-state index in [-0.39, 0.29) is 5.91 Å². The molecule has 1 saturated heterocycles. The molecule has 0 unspecified atom stereocenters. The van der Waals surface area contributed by atoms with E-state index >= 15 is 0 Å². The van der Waals surface area contributed by atoms with Gasteiger partial charge in [0.2, 0.25) is 5.91 Å². The smallest absolute Gasteiger partial charge is 0.233 e. The molecule has 0 aliphatic carbocycles. The van der Waals surface area contributed by atoms with Gasteiger partial charge in [0.25, 0.3) is 0 Å². The number of rotatable bonds is 4. The summed E-state index contributed by atoms with van der Waals surface area (Å²) in [5, 5.41) is 0. The number of para-hydroxylation sites is 1. The summed E-state index contributed by atoms with van der Waals surface area (Å²) in [5.74, 6) is 0.762. The number of carbonyl (C=O) groups excluding carboxylic acids is 1. The van der Waals surface area contributed by atoms with Crippen LogP contribution < -0.4 is 4.90 Å². The van der Waals surface area contributed by atoms with Crippen LogP contribution in [0.4, 0.5) is 5.69 Å². The molecule has 3 rings (SSSR count). The van der Waals surface area contributed by atoms with E-state index in [1.807, 2.05) is 4.90 Å². The fourth-order valence-electron chi connectivity index (χ4n) is 2.99. The van der Waals surface area contributed by atoms with E-state index in [0.29, 0.717) is 5.75 Å². The molecule has 2 aromatic carbocycles.